The lowest BCUT2D eigenvalue weighted by Crippen LogP contribution is -2.46. The van der Waals surface area contributed by atoms with Crippen LogP contribution in [0.15, 0.2) is 36.8 Å². The molecule has 3 N–H and O–H groups in total. The first-order chi connectivity index (χ1) is 14.6. The third-order valence-corrected chi connectivity index (χ3v) is 6.68. The lowest BCUT2D eigenvalue weighted by Gasteiger charge is -2.32. The lowest BCUT2D eigenvalue weighted by molar-refractivity contribution is -0.223. The summed E-state index contributed by atoms with van der Waals surface area (Å²) >= 11 is 12.2. The number of nitrogens with two attached hydrogens (primary N) is 1. The molecule has 5 atom stereocenters. The molecule has 164 valence electrons. The second-order valence-electron chi connectivity index (χ2n) is 8.51. The normalized spacial score (nSPS) is 30.6. The van der Waals surface area contributed by atoms with Gasteiger partial charge in [0.15, 0.2) is 12.0 Å². The molecule has 2 aromatic heterocycles. The number of anilines is 1. The molecule has 8 nitrogen and oxygen atoms in total. The number of benzene rings is 1. The number of aromatic nitrogens is 3. The predicted molar refractivity (Wildman–Crippen MR) is 116 cm³/mol. The van der Waals surface area contributed by atoms with Crippen LogP contribution in [0.2, 0.25) is 10.0 Å². The van der Waals surface area contributed by atoms with Crippen LogP contribution in [-0.2, 0) is 14.2 Å². The van der Waals surface area contributed by atoms with Crippen LogP contribution in [0.3, 0.4) is 0 Å². The Bertz CT molecular complexity index is 1170. The van der Waals surface area contributed by atoms with Crippen LogP contribution in [0.25, 0.3) is 11.0 Å². The fourth-order valence-electron chi connectivity index (χ4n) is 4.62. The quantitative estimate of drug-likeness (QED) is 0.605. The van der Waals surface area contributed by atoms with E-state index in [0.29, 0.717) is 32.5 Å². The third kappa shape index (κ3) is 3.21. The highest BCUT2D eigenvalue weighted by Crippen LogP contribution is 2.53. The van der Waals surface area contributed by atoms with Crippen LogP contribution in [0.5, 0.6) is 0 Å². The van der Waals surface area contributed by atoms with Crippen LogP contribution < -0.4 is 5.73 Å². The van der Waals surface area contributed by atoms with Crippen molar-refractivity contribution in [2.75, 3.05) is 5.73 Å². The minimum absolute atomic E-state index is 0.349. The molecule has 0 aliphatic carbocycles. The van der Waals surface area contributed by atoms with E-state index in [4.69, 9.17) is 43.1 Å². The van der Waals surface area contributed by atoms with Gasteiger partial charge in [-0.1, -0.05) is 29.3 Å². The molecule has 2 aliphatic heterocycles. The summed E-state index contributed by atoms with van der Waals surface area (Å²) in [6.07, 6.45) is 0.311. The van der Waals surface area contributed by atoms with Crippen molar-refractivity contribution in [2.24, 2.45) is 0 Å². The Kier molecular flexibility index (Phi) is 4.75. The van der Waals surface area contributed by atoms with Crippen LogP contribution >= 0.6 is 23.2 Å². The Labute approximate surface area is 188 Å². The lowest BCUT2D eigenvalue weighted by atomic mass is 9.88. The highest BCUT2D eigenvalue weighted by atomic mass is 35.5. The minimum atomic E-state index is -1.04. The van der Waals surface area contributed by atoms with Crippen molar-refractivity contribution in [1.82, 2.24) is 14.5 Å². The molecule has 3 aromatic rings. The fourth-order valence-corrected chi connectivity index (χ4v) is 4.93. The molecule has 0 spiro atoms. The van der Waals surface area contributed by atoms with Gasteiger partial charge in [0.2, 0.25) is 0 Å². The first-order valence-electron chi connectivity index (χ1n) is 9.84. The Morgan fingerprint density at radius 1 is 1.16 bits per heavy atom. The Balaban J connectivity index is 1.58. The van der Waals surface area contributed by atoms with Gasteiger partial charge in [-0.3, -0.25) is 0 Å². The van der Waals surface area contributed by atoms with Crippen molar-refractivity contribution in [3.8, 4) is 0 Å². The summed E-state index contributed by atoms with van der Waals surface area (Å²) in [4.78, 5) is 8.41. The number of hydrogen-bond acceptors (Lipinski definition) is 7. The summed E-state index contributed by atoms with van der Waals surface area (Å²) in [5, 5.41) is 12.7. The highest BCUT2D eigenvalue weighted by molar-refractivity contribution is 6.42. The van der Waals surface area contributed by atoms with Crippen molar-refractivity contribution in [3.05, 3.63) is 52.4 Å². The minimum Gasteiger partial charge on any atom is -0.386 e. The van der Waals surface area contributed by atoms with Crippen molar-refractivity contribution in [2.45, 2.75) is 56.7 Å². The number of fused-ring (bicyclic) bond motifs is 2. The van der Waals surface area contributed by atoms with E-state index in [-0.39, 0.29) is 0 Å². The van der Waals surface area contributed by atoms with Crippen LogP contribution in [0.1, 0.15) is 38.7 Å². The van der Waals surface area contributed by atoms with E-state index >= 15 is 0 Å². The topological polar surface area (TPSA) is 105 Å². The molecule has 1 unspecified atom stereocenters. The van der Waals surface area contributed by atoms with Crippen LogP contribution in [-0.4, -0.2) is 43.2 Å². The summed E-state index contributed by atoms with van der Waals surface area (Å²) in [7, 11) is 0. The number of nitrogens with zero attached hydrogens (tertiary/aromatic N) is 3. The number of hydrogen-bond donors (Lipinski definition) is 2. The second kappa shape index (κ2) is 7.03. The molecular weight excluding hydrogens is 443 g/mol. The van der Waals surface area contributed by atoms with Gasteiger partial charge in [0, 0.05) is 6.20 Å². The number of ether oxygens (including phenoxy) is 3. The average molecular weight is 465 g/mol. The highest BCUT2D eigenvalue weighted by Gasteiger charge is 2.65. The van der Waals surface area contributed by atoms with Crippen LogP contribution in [0.4, 0.5) is 5.82 Å². The Hall–Kier alpha value is -1.94. The van der Waals surface area contributed by atoms with Gasteiger partial charge in [-0.05, 0) is 44.5 Å². The van der Waals surface area contributed by atoms with Crippen molar-refractivity contribution >= 4 is 40.1 Å². The molecule has 5 rings (SSSR count). The first kappa shape index (κ1) is 20.9. The molecule has 0 radical (unpaired) electrons. The molecule has 1 aromatic carbocycles. The summed E-state index contributed by atoms with van der Waals surface area (Å²) in [5.41, 5.74) is 6.22. The molecule has 2 fully saturated rings. The van der Waals surface area contributed by atoms with E-state index < -0.39 is 35.9 Å². The second-order valence-corrected chi connectivity index (χ2v) is 9.32. The zero-order valence-electron chi connectivity index (χ0n) is 17.1. The standard InChI is InChI=1S/C21H22Cl2N4O4/c1-20(2)30-16-19(27-7-6-11-17(24)25-9-26-18(11)27)29-15(21(16,3)31-20)14(28)10-4-5-12(22)13(23)8-10/h4-9,14-16,19,28H,1-3H3,(H2,24,25,26)/t14?,15-,16+,19-,21-/m1/s1. The number of nitrogen functional groups attached to an aromatic ring is 1. The number of halogens is 2. The molecular formula is C21H22Cl2N4O4. The van der Waals surface area contributed by atoms with E-state index in [2.05, 4.69) is 9.97 Å². The van der Waals surface area contributed by atoms with E-state index in [1.807, 2.05) is 37.6 Å². The molecule has 10 heteroatoms. The van der Waals surface area contributed by atoms with E-state index in [1.54, 1.807) is 18.2 Å². The largest absolute Gasteiger partial charge is 0.386 e. The van der Waals surface area contributed by atoms with E-state index in [9.17, 15) is 5.11 Å². The Morgan fingerprint density at radius 2 is 1.94 bits per heavy atom. The summed E-state index contributed by atoms with van der Waals surface area (Å²) in [5.74, 6) is -0.491. The molecule has 2 saturated heterocycles. The number of aliphatic hydroxyl groups is 1. The summed E-state index contributed by atoms with van der Waals surface area (Å²) < 4.78 is 20.8. The maximum Gasteiger partial charge on any atom is 0.165 e. The predicted octanol–water partition coefficient (Wildman–Crippen LogP) is 3.86. The van der Waals surface area contributed by atoms with Gasteiger partial charge in [0.1, 0.15) is 41.7 Å². The monoisotopic (exact) mass is 464 g/mol. The van der Waals surface area contributed by atoms with Gasteiger partial charge < -0.3 is 29.6 Å². The SMILES string of the molecule is CC1(C)O[C@H]2[C@H](n3ccc4c(N)ncnc43)O[C@H](C(O)c3ccc(Cl)c(Cl)c3)[C@@]2(C)O1. The first-order valence-corrected chi connectivity index (χ1v) is 10.6. The van der Waals surface area contributed by atoms with Crippen molar-refractivity contribution in [3.63, 3.8) is 0 Å². The zero-order chi connectivity index (χ0) is 22.1. The van der Waals surface area contributed by atoms with Crippen molar-refractivity contribution < 1.29 is 19.3 Å². The van der Waals surface area contributed by atoms with Gasteiger partial charge in [-0.15, -0.1) is 0 Å². The maximum absolute atomic E-state index is 11.3. The number of aliphatic hydroxyl groups excluding tert-OH is 1. The van der Waals surface area contributed by atoms with Gasteiger partial charge in [-0.2, -0.15) is 0 Å². The Morgan fingerprint density at radius 3 is 2.68 bits per heavy atom. The average Bonchev–Trinajstić information content (AvgIpc) is 3.31. The van der Waals surface area contributed by atoms with Crippen LogP contribution in [0, 0.1) is 0 Å². The molecule has 0 bridgehead atoms. The van der Waals surface area contributed by atoms with E-state index in [0.717, 1.165) is 0 Å². The van der Waals surface area contributed by atoms with Gasteiger partial charge in [0.05, 0.1) is 15.4 Å². The molecule has 4 heterocycles. The third-order valence-electron chi connectivity index (χ3n) is 5.94. The molecule has 2 aliphatic rings. The smallest absolute Gasteiger partial charge is 0.165 e. The van der Waals surface area contributed by atoms with E-state index in [1.165, 1.54) is 6.33 Å². The molecule has 0 amide bonds. The van der Waals surface area contributed by atoms with Gasteiger partial charge in [-0.25, -0.2) is 9.97 Å². The maximum atomic E-state index is 11.3. The molecule has 31 heavy (non-hydrogen) atoms. The fraction of sp³-hybridized carbons (Fsp3) is 0.429. The summed E-state index contributed by atoms with van der Waals surface area (Å²) in [6, 6.07) is 6.82. The zero-order valence-corrected chi connectivity index (χ0v) is 18.6. The van der Waals surface area contributed by atoms with Gasteiger partial charge >= 0.3 is 0 Å². The van der Waals surface area contributed by atoms with Crippen molar-refractivity contribution in [1.29, 1.82) is 0 Å². The van der Waals surface area contributed by atoms with Gasteiger partial charge in [0.25, 0.3) is 0 Å². The summed E-state index contributed by atoms with van der Waals surface area (Å²) in [6.45, 7) is 5.56. The molecule has 0 saturated carbocycles. The number of rotatable bonds is 3.